The molecule has 0 fully saturated rings. The van der Waals surface area contributed by atoms with Gasteiger partial charge in [-0.05, 0) is 12.1 Å². The van der Waals surface area contributed by atoms with Gasteiger partial charge in [-0.2, -0.15) is 4.98 Å². The number of imidazole rings is 1. The van der Waals surface area contributed by atoms with Gasteiger partial charge in [0.15, 0.2) is 5.82 Å². The number of nitrogens with zero attached hydrogens (tertiary/aromatic N) is 4. The number of nitrogens with one attached hydrogen (secondary N) is 1. The van der Waals surface area contributed by atoms with Crippen LogP contribution in [0.1, 0.15) is 17.5 Å². The van der Waals surface area contributed by atoms with E-state index in [-0.39, 0.29) is 12.3 Å². The van der Waals surface area contributed by atoms with Gasteiger partial charge in [0, 0.05) is 13.1 Å². The molecule has 20 heavy (non-hydrogen) atoms. The number of aromatic nitrogens is 4. The van der Waals surface area contributed by atoms with Crippen molar-refractivity contribution in [1.82, 2.24) is 24.8 Å². The number of fused-ring (bicyclic) bond motifs is 1. The van der Waals surface area contributed by atoms with E-state index in [4.69, 9.17) is 4.52 Å². The highest BCUT2D eigenvalue weighted by Crippen LogP contribution is 2.05. The van der Waals surface area contributed by atoms with Gasteiger partial charge in [-0.3, -0.25) is 4.79 Å². The molecule has 0 radical (unpaired) electrons. The molecule has 7 nitrogen and oxygen atoms in total. The topological polar surface area (TPSA) is 85.3 Å². The van der Waals surface area contributed by atoms with Gasteiger partial charge in [0.2, 0.25) is 11.8 Å². The van der Waals surface area contributed by atoms with Crippen LogP contribution in [0.2, 0.25) is 0 Å². The zero-order valence-electron chi connectivity index (χ0n) is 10.9. The van der Waals surface area contributed by atoms with Crippen LogP contribution in [0.25, 0.3) is 5.52 Å². The van der Waals surface area contributed by atoms with Crippen LogP contribution in [0.15, 0.2) is 35.1 Å². The van der Waals surface area contributed by atoms with E-state index in [0.29, 0.717) is 18.3 Å². The Kier molecular flexibility index (Phi) is 3.16. The molecule has 0 saturated heterocycles. The summed E-state index contributed by atoms with van der Waals surface area (Å²) >= 11 is 0. The van der Waals surface area contributed by atoms with E-state index in [0.717, 1.165) is 11.3 Å². The fraction of sp³-hybridized carbons (Fsp3) is 0.231. The van der Waals surface area contributed by atoms with Gasteiger partial charge in [-0.25, -0.2) is 4.98 Å². The SMILES string of the molecule is Cc1nc(CC(=O)NCc2ncc3ccccn23)no1. The fourth-order valence-electron chi connectivity index (χ4n) is 1.93. The van der Waals surface area contributed by atoms with Crippen LogP contribution in [0, 0.1) is 6.92 Å². The number of carbonyl (C=O) groups excluding carboxylic acids is 1. The molecule has 0 bridgehead atoms. The molecule has 1 amide bonds. The zero-order chi connectivity index (χ0) is 13.9. The average Bonchev–Trinajstić information content (AvgIpc) is 3.03. The van der Waals surface area contributed by atoms with Crippen LogP contribution in [0.5, 0.6) is 0 Å². The molecule has 0 aromatic carbocycles. The number of aryl methyl sites for hydroxylation is 1. The quantitative estimate of drug-likeness (QED) is 0.761. The van der Waals surface area contributed by atoms with Crippen molar-refractivity contribution in [2.24, 2.45) is 0 Å². The molecule has 3 rings (SSSR count). The second kappa shape index (κ2) is 5.12. The Morgan fingerprint density at radius 1 is 1.45 bits per heavy atom. The van der Waals surface area contributed by atoms with E-state index in [9.17, 15) is 4.79 Å². The lowest BCUT2D eigenvalue weighted by Crippen LogP contribution is -2.26. The minimum Gasteiger partial charge on any atom is -0.348 e. The third-order valence-corrected chi connectivity index (χ3v) is 2.85. The average molecular weight is 271 g/mol. The van der Waals surface area contributed by atoms with Crippen LogP contribution < -0.4 is 5.32 Å². The van der Waals surface area contributed by atoms with E-state index < -0.39 is 0 Å². The maximum atomic E-state index is 11.8. The maximum absolute atomic E-state index is 11.8. The van der Waals surface area contributed by atoms with Gasteiger partial charge in [0.05, 0.1) is 24.7 Å². The Bertz CT molecular complexity index is 746. The lowest BCUT2D eigenvalue weighted by molar-refractivity contribution is -0.120. The Morgan fingerprint density at radius 2 is 2.35 bits per heavy atom. The predicted octanol–water partition coefficient (Wildman–Crippen LogP) is 0.885. The maximum Gasteiger partial charge on any atom is 0.228 e. The van der Waals surface area contributed by atoms with E-state index in [2.05, 4.69) is 20.4 Å². The van der Waals surface area contributed by atoms with Gasteiger partial charge < -0.3 is 14.2 Å². The lowest BCUT2D eigenvalue weighted by Gasteiger charge is -2.03. The minimum atomic E-state index is -0.168. The molecule has 0 saturated carbocycles. The number of hydrogen-bond donors (Lipinski definition) is 1. The van der Waals surface area contributed by atoms with Crippen LogP contribution in [-0.2, 0) is 17.8 Å². The first-order chi connectivity index (χ1) is 9.72. The summed E-state index contributed by atoms with van der Waals surface area (Å²) in [5.41, 5.74) is 0.991. The van der Waals surface area contributed by atoms with Crippen LogP contribution in [0.3, 0.4) is 0 Å². The summed E-state index contributed by atoms with van der Waals surface area (Å²) in [4.78, 5) is 20.0. The third kappa shape index (κ3) is 2.51. The van der Waals surface area contributed by atoms with Crippen molar-refractivity contribution in [3.63, 3.8) is 0 Å². The van der Waals surface area contributed by atoms with Crippen molar-refractivity contribution in [3.05, 3.63) is 48.1 Å². The van der Waals surface area contributed by atoms with Crippen molar-refractivity contribution in [1.29, 1.82) is 0 Å². The van der Waals surface area contributed by atoms with Gasteiger partial charge in [-0.1, -0.05) is 11.2 Å². The van der Waals surface area contributed by atoms with Crippen molar-refractivity contribution >= 4 is 11.4 Å². The predicted molar refractivity (Wildman–Crippen MR) is 69.8 cm³/mol. The standard InChI is InChI=1S/C13H13N5O2/c1-9-16-11(17-20-9)6-13(19)15-8-12-14-7-10-4-2-3-5-18(10)12/h2-5,7H,6,8H2,1H3,(H,15,19). The molecule has 0 aliphatic rings. The molecular formula is C13H13N5O2. The second-order valence-corrected chi connectivity index (χ2v) is 4.35. The van der Waals surface area contributed by atoms with Gasteiger partial charge in [-0.15, -0.1) is 0 Å². The van der Waals surface area contributed by atoms with Crippen LogP contribution in [0.4, 0.5) is 0 Å². The molecule has 7 heteroatoms. The number of amides is 1. The summed E-state index contributed by atoms with van der Waals surface area (Å²) < 4.78 is 6.75. The molecule has 1 N–H and O–H groups in total. The highest BCUT2D eigenvalue weighted by molar-refractivity contribution is 5.77. The zero-order valence-corrected chi connectivity index (χ0v) is 10.9. The first-order valence-electron chi connectivity index (χ1n) is 6.19. The van der Waals surface area contributed by atoms with Crippen molar-refractivity contribution < 1.29 is 9.32 Å². The molecule has 0 aliphatic carbocycles. The Balaban J connectivity index is 1.63. The molecule has 3 heterocycles. The first-order valence-corrected chi connectivity index (χ1v) is 6.19. The Morgan fingerprint density at radius 3 is 3.15 bits per heavy atom. The molecule has 0 aliphatic heterocycles. The minimum absolute atomic E-state index is 0.0979. The molecule has 0 spiro atoms. The summed E-state index contributed by atoms with van der Waals surface area (Å²) in [6.07, 6.45) is 3.77. The Hall–Kier alpha value is -2.70. The van der Waals surface area contributed by atoms with E-state index >= 15 is 0 Å². The molecule has 0 atom stereocenters. The number of pyridine rings is 1. The van der Waals surface area contributed by atoms with Crippen molar-refractivity contribution in [3.8, 4) is 0 Å². The van der Waals surface area contributed by atoms with E-state index in [1.165, 1.54) is 0 Å². The van der Waals surface area contributed by atoms with E-state index in [1.807, 2.05) is 28.8 Å². The largest absolute Gasteiger partial charge is 0.348 e. The summed E-state index contributed by atoms with van der Waals surface area (Å²) in [7, 11) is 0. The van der Waals surface area contributed by atoms with Crippen molar-refractivity contribution in [2.75, 3.05) is 0 Å². The normalized spacial score (nSPS) is 10.8. The molecule has 0 unspecified atom stereocenters. The van der Waals surface area contributed by atoms with Crippen molar-refractivity contribution in [2.45, 2.75) is 19.9 Å². The number of rotatable bonds is 4. The molecule has 3 aromatic rings. The molecule has 3 aromatic heterocycles. The summed E-state index contributed by atoms with van der Waals surface area (Å²) in [5, 5.41) is 6.47. The molecule has 102 valence electrons. The molecular weight excluding hydrogens is 258 g/mol. The highest BCUT2D eigenvalue weighted by atomic mass is 16.5. The summed E-state index contributed by atoms with van der Waals surface area (Å²) in [6, 6.07) is 5.82. The summed E-state index contributed by atoms with van der Waals surface area (Å²) in [5.74, 6) is 1.44. The highest BCUT2D eigenvalue weighted by Gasteiger charge is 2.10. The first kappa shape index (κ1) is 12.3. The Labute approximate surface area is 114 Å². The van der Waals surface area contributed by atoms with Gasteiger partial charge in [0.25, 0.3) is 0 Å². The monoisotopic (exact) mass is 271 g/mol. The summed E-state index contributed by atoms with van der Waals surface area (Å²) in [6.45, 7) is 2.04. The smallest absolute Gasteiger partial charge is 0.228 e. The lowest BCUT2D eigenvalue weighted by atomic mass is 10.4. The van der Waals surface area contributed by atoms with Gasteiger partial charge >= 0.3 is 0 Å². The van der Waals surface area contributed by atoms with Crippen LogP contribution in [-0.4, -0.2) is 25.4 Å². The van der Waals surface area contributed by atoms with Crippen LogP contribution >= 0.6 is 0 Å². The second-order valence-electron chi connectivity index (χ2n) is 4.35. The number of carbonyl (C=O) groups is 1. The van der Waals surface area contributed by atoms with E-state index in [1.54, 1.807) is 13.1 Å². The number of hydrogen-bond acceptors (Lipinski definition) is 5. The fourth-order valence-corrected chi connectivity index (χ4v) is 1.93. The third-order valence-electron chi connectivity index (χ3n) is 2.85. The van der Waals surface area contributed by atoms with Gasteiger partial charge in [0.1, 0.15) is 5.82 Å².